The van der Waals surface area contributed by atoms with E-state index in [2.05, 4.69) is 38.3 Å². The lowest BCUT2D eigenvalue weighted by Crippen LogP contribution is -2.20. The summed E-state index contributed by atoms with van der Waals surface area (Å²) in [5.41, 5.74) is 2.30. The van der Waals surface area contributed by atoms with Gasteiger partial charge in [-0.1, -0.05) is 45.9 Å². The van der Waals surface area contributed by atoms with E-state index in [9.17, 15) is 4.79 Å². The van der Waals surface area contributed by atoms with Crippen LogP contribution in [0.1, 0.15) is 46.1 Å². The second-order valence-corrected chi connectivity index (χ2v) is 6.81. The van der Waals surface area contributed by atoms with Gasteiger partial charge in [0.2, 0.25) is 5.91 Å². The highest BCUT2D eigenvalue weighted by Crippen LogP contribution is 2.26. The summed E-state index contributed by atoms with van der Waals surface area (Å²) >= 11 is 0. The van der Waals surface area contributed by atoms with Crippen LogP contribution in [-0.4, -0.2) is 13.0 Å². The zero-order valence-corrected chi connectivity index (χ0v) is 13.4. The first-order valence-corrected chi connectivity index (χ1v) is 7.34. The topological polar surface area (TPSA) is 41.1 Å². The zero-order valence-electron chi connectivity index (χ0n) is 13.4. The van der Waals surface area contributed by atoms with E-state index in [1.54, 1.807) is 0 Å². The molecule has 0 aliphatic rings. The molecule has 3 nitrogen and oxygen atoms in total. The maximum atomic E-state index is 12.1. The Morgan fingerprint density at radius 1 is 1.25 bits per heavy atom. The zero-order chi connectivity index (χ0) is 15.2. The van der Waals surface area contributed by atoms with Crippen LogP contribution in [0.3, 0.4) is 0 Å². The molecule has 0 aromatic heterocycles. The Morgan fingerprint density at radius 2 is 1.90 bits per heavy atom. The standard InChI is InChI=1S/C17H28N2O/c1-13(11-17(2,3)4)10-16(20)19-15-9-7-6-8-14(15)12-18-5/h6-9,13,18H,10-12H2,1-5H3,(H,19,20). The van der Waals surface area contributed by atoms with Crippen LogP contribution in [0.25, 0.3) is 0 Å². The molecule has 1 atom stereocenters. The largest absolute Gasteiger partial charge is 0.326 e. The predicted molar refractivity (Wildman–Crippen MR) is 85.7 cm³/mol. The SMILES string of the molecule is CNCc1ccccc1NC(=O)CC(C)CC(C)(C)C. The number of carbonyl (C=O) groups excluding carboxylic acids is 1. The van der Waals surface area contributed by atoms with E-state index in [1.165, 1.54) is 0 Å². The van der Waals surface area contributed by atoms with Gasteiger partial charge < -0.3 is 10.6 Å². The monoisotopic (exact) mass is 276 g/mol. The molecule has 0 saturated heterocycles. The number of para-hydroxylation sites is 1. The van der Waals surface area contributed by atoms with Crippen molar-refractivity contribution < 1.29 is 4.79 Å². The molecule has 2 N–H and O–H groups in total. The second kappa shape index (κ2) is 7.44. The smallest absolute Gasteiger partial charge is 0.224 e. The number of rotatable bonds is 6. The molecule has 0 spiro atoms. The molecule has 1 amide bonds. The summed E-state index contributed by atoms with van der Waals surface area (Å²) in [6.45, 7) is 9.54. The lowest BCUT2D eigenvalue weighted by Gasteiger charge is -2.23. The predicted octanol–water partition coefficient (Wildman–Crippen LogP) is 3.81. The van der Waals surface area contributed by atoms with Gasteiger partial charge in [-0.3, -0.25) is 4.79 Å². The van der Waals surface area contributed by atoms with Gasteiger partial charge in [0.05, 0.1) is 0 Å². The minimum atomic E-state index is 0.102. The fourth-order valence-electron chi connectivity index (χ4n) is 2.62. The maximum absolute atomic E-state index is 12.1. The van der Waals surface area contributed by atoms with Gasteiger partial charge in [-0.2, -0.15) is 0 Å². The van der Waals surface area contributed by atoms with E-state index in [0.29, 0.717) is 12.3 Å². The number of hydrogen-bond acceptors (Lipinski definition) is 2. The normalized spacial score (nSPS) is 13.1. The third-order valence-corrected chi connectivity index (χ3v) is 3.15. The van der Waals surface area contributed by atoms with E-state index in [4.69, 9.17) is 0 Å². The van der Waals surface area contributed by atoms with Crippen molar-refractivity contribution in [1.82, 2.24) is 5.32 Å². The summed E-state index contributed by atoms with van der Waals surface area (Å²) in [5.74, 6) is 0.497. The van der Waals surface area contributed by atoms with Crippen LogP contribution in [-0.2, 0) is 11.3 Å². The van der Waals surface area contributed by atoms with Gasteiger partial charge in [0, 0.05) is 18.7 Å². The molecule has 1 aromatic rings. The first-order chi connectivity index (χ1) is 9.31. The molecule has 0 saturated carbocycles. The summed E-state index contributed by atoms with van der Waals surface area (Å²) in [4.78, 5) is 12.1. The number of carbonyl (C=O) groups is 1. The van der Waals surface area contributed by atoms with Crippen LogP contribution < -0.4 is 10.6 Å². The molecule has 112 valence electrons. The molecule has 20 heavy (non-hydrogen) atoms. The van der Waals surface area contributed by atoms with Crippen molar-refractivity contribution in [2.24, 2.45) is 11.3 Å². The van der Waals surface area contributed by atoms with Crippen molar-refractivity contribution in [2.75, 3.05) is 12.4 Å². The quantitative estimate of drug-likeness (QED) is 0.829. The van der Waals surface area contributed by atoms with Gasteiger partial charge in [0.25, 0.3) is 0 Å². The minimum Gasteiger partial charge on any atom is -0.326 e. The fourth-order valence-corrected chi connectivity index (χ4v) is 2.62. The number of nitrogens with one attached hydrogen (secondary N) is 2. The Kier molecular flexibility index (Phi) is 6.21. The summed E-state index contributed by atoms with van der Waals surface area (Å²) in [5, 5.41) is 6.15. The van der Waals surface area contributed by atoms with Gasteiger partial charge in [-0.05, 0) is 36.4 Å². The van der Waals surface area contributed by atoms with E-state index >= 15 is 0 Å². The number of amides is 1. The van der Waals surface area contributed by atoms with Gasteiger partial charge >= 0.3 is 0 Å². The number of hydrogen-bond donors (Lipinski definition) is 2. The third kappa shape index (κ3) is 6.20. The van der Waals surface area contributed by atoms with E-state index in [0.717, 1.165) is 24.2 Å². The Hall–Kier alpha value is -1.35. The van der Waals surface area contributed by atoms with Crippen LogP contribution in [0.2, 0.25) is 0 Å². The Morgan fingerprint density at radius 3 is 2.50 bits per heavy atom. The van der Waals surface area contributed by atoms with Crippen LogP contribution in [0.15, 0.2) is 24.3 Å². The molecule has 0 heterocycles. The summed E-state index contributed by atoms with van der Waals surface area (Å²) < 4.78 is 0. The van der Waals surface area contributed by atoms with Crippen LogP contribution in [0, 0.1) is 11.3 Å². The number of benzene rings is 1. The molecule has 0 fully saturated rings. The molecule has 0 aliphatic heterocycles. The summed E-state index contributed by atoms with van der Waals surface area (Å²) in [6, 6.07) is 7.93. The first kappa shape index (κ1) is 16.7. The van der Waals surface area contributed by atoms with Crippen molar-refractivity contribution in [3.63, 3.8) is 0 Å². The van der Waals surface area contributed by atoms with Crippen LogP contribution in [0.4, 0.5) is 5.69 Å². The fraction of sp³-hybridized carbons (Fsp3) is 0.588. The molecular weight excluding hydrogens is 248 g/mol. The minimum absolute atomic E-state index is 0.102. The highest BCUT2D eigenvalue weighted by molar-refractivity contribution is 5.91. The molecule has 1 rings (SSSR count). The average molecular weight is 276 g/mol. The van der Waals surface area contributed by atoms with Gasteiger partial charge in [-0.25, -0.2) is 0 Å². The molecule has 1 unspecified atom stereocenters. The van der Waals surface area contributed by atoms with E-state index < -0.39 is 0 Å². The highest BCUT2D eigenvalue weighted by atomic mass is 16.1. The molecule has 0 aliphatic carbocycles. The first-order valence-electron chi connectivity index (χ1n) is 7.34. The van der Waals surface area contributed by atoms with Crippen molar-refractivity contribution in [3.05, 3.63) is 29.8 Å². The Labute approximate surface area is 123 Å². The van der Waals surface area contributed by atoms with Crippen molar-refractivity contribution >= 4 is 11.6 Å². The second-order valence-electron chi connectivity index (χ2n) is 6.81. The highest BCUT2D eigenvalue weighted by Gasteiger charge is 2.18. The number of anilines is 1. The van der Waals surface area contributed by atoms with Crippen LogP contribution in [0.5, 0.6) is 0 Å². The molecule has 0 radical (unpaired) electrons. The maximum Gasteiger partial charge on any atom is 0.224 e. The van der Waals surface area contributed by atoms with Crippen molar-refractivity contribution in [3.8, 4) is 0 Å². The molecule has 0 bridgehead atoms. The van der Waals surface area contributed by atoms with E-state index in [1.807, 2.05) is 31.3 Å². The summed E-state index contributed by atoms with van der Waals surface area (Å²) in [7, 11) is 1.91. The lowest BCUT2D eigenvalue weighted by molar-refractivity contribution is -0.117. The van der Waals surface area contributed by atoms with Gasteiger partial charge in [-0.15, -0.1) is 0 Å². The van der Waals surface area contributed by atoms with Gasteiger partial charge in [0.1, 0.15) is 0 Å². The molecule has 3 heteroatoms. The lowest BCUT2D eigenvalue weighted by atomic mass is 9.84. The third-order valence-electron chi connectivity index (χ3n) is 3.15. The molecule has 1 aromatic carbocycles. The Bertz CT molecular complexity index is 435. The van der Waals surface area contributed by atoms with Crippen molar-refractivity contribution in [1.29, 1.82) is 0 Å². The molecular formula is C17H28N2O. The Balaban J connectivity index is 2.58. The van der Waals surface area contributed by atoms with E-state index in [-0.39, 0.29) is 11.3 Å². The average Bonchev–Trinajstić information content (AvgIpc) is 2.29. The summed E-state index contributed by atoms with van der Waals surface area (Å²) in [6.07, 6.45) is 1.63. The van der Waals surface area contributed by atoms with Crippen molar-refractivity contribution in [2.45, 2.75) is 47.1 Å². The van der Waals surface area contributed by atoms with Crippen LogP contribution >= 0.6 is 0 Å². The van der Waals surface area contributed by atoms with Gasteiger partial charge in [0.15, 0.2) is 0 Å².